The van der Waals surface area contributed by atoms with Gasteiger partial charge in [-0.05, 0) is 48.9 Å². The Balaban J connectivity index is 2.17. The summed E-state index contributed by atoms with van der Waals surface area (Å²) in [5.41, 5.74) is 8.25. The van der Waals surface area contributed by atoms with Crippen molar-refractivity contribution in [2.24, 2.45) is 11.8 Å². The molecule has 0 aromatic heterocycles. The van der Waals surface area contributed by atoms with E-state index in [2.05, 4.69) is 13.8 Å². The van der Waals surface area contributed by atoms with Crippen molar-refractivity contribution in [3.8, 4) is 0 Å². The zero-order chi connectivity index (χ0) is 13.3. The number of aryl methyl sites for hydroxylation is 1. The fourth-order valence-corrected chi connectivity index (χ4v) is 2.82. The van der Waals surface area contributed by atoms with Crippen molar-refractivity contribution in [1.29, 1.82) is 0 Å². The van der Waals surface area contributed by atoms with Crippen molar-refractivity contribution in [3.63, 3.8) is 0 Å². The first-order valence-corrected chi connectivity index (χ1v) is 6.62. The van der Waals surface area contributed by atoms with Gasteiger partial charge in [-0.15, -0.1) is 0 Å². The van der Waals surface area contributed by atoms with Crippen LogP contribution < -0.4 is 5.73 Å². The van der Waals surface area contributed by atoms with Gasteiger partial charge < -0.3 is 10.6 Å². The van der Waals surface area contributed by atoms with Crippen LogP contribution in [0.25, 0.3) is 0 Å². The van der Waals surface area contributed by atoms with Gasteiger partial charge in [0.15, 0.2) is 0 Å². The molecule has 1 fully saturated rings. The Morgan fingerprint density at radius 2 is 1.89 bits per heavy atom. The summed E-state index contributed by atoms with van der Waals surface area (Å²) in [6.45, 7) is 8.10. The van der Waals surface area contributed by atoms with Gasteiger partial charge in [-0.1, -0.05) is 13.8 Å². The maximum Gasteiger partial charge on any atom is 0.253 e. The molecule has 2 atom stereocenters. The van der Waals surface area contributed by atoms with Crippen LogP contribution in [0.15, 0.2) is 18.2 Å². The number of carbonyl (C=O) groups excluding carboxylic acids is 1. The Morgan fingerprint density at radius 3 is 2.44 bits per heavy atom. The normalized spacial score (nSPS) is 24.1. The van der Waals surface area contributed by atoms with Gasteiger partial charge in [0.25, 0.3) is 5.91 Å². The number of piperidine rings is 1. The van der Waals surface area contributed by atoms with Crippen LogP contribution in [0.5, 0.6) is 0 Å². The fraction of sp³-hybridized carbons (Fsp3) is 0.533. The van der Waals surface area contributed by atoms with Crippen molar-refractivity contribution < 1.29 is 4.79 Å². The molecule has 1 aromatic rings. The SMILES string of the molecule is Cc1cc(C(=O)N2C[C@H](C)C[C@@H](C)C2)ccc1N. The van der Waals surface area contributed by atoms with E-state index in [1.165, 1.54) is 6.42 Å². The first-order valence-electron chi connectivity index (χ1n) is 6.62. The van der Waals surface area contributed by atoms with Crippen LogP contribution in [0, 0.1) is 18.8 Å². The fourth-order valence-electron chi connectivity index (χ4n) is 2.82. The molecule has 2 rings (SSSR count). The van der Waals surface area contributed by atoms with E-state index in [9.17, 15) is 4.79 Å². The number of anilines is 1. The second kappa shape index (κ2) is 5.01. The van der Waals surface area contributed by atoms with Crippen molar-refractivity contribution in [1.82, 2.24) is 4.90 Å². The average Bonchev–Trinajstić information content (AvgIpc) is 2.30. The smallest absolute Gasteiger partial charge is 0.253 e. The molecule has 0 aliphatic carbocycles. The summed E-state index contributed by atoms with van der Waals surface area (Å²) >= 11 is 0. The number of nitrogens with zero attached hydrogens (tertiary/aromatic N) is 1. The number of nitrogens with two attached hydrogens (primary N) is 1. The zero-order valence-corrected chi connectivity index (χ0v) is 11.4. The van der Waals surface area contributed by atoms with Crippen LogP contribution >= 0.6 is 0 Å². The van der Waals surface area contributed by atoms with Crippen LogP contribution in [0.3, 0.4) is 0 Å². The van der Waals surface area contributed by atoms with E-state index in [-0.39, 0.29) is 5.91 Å². The van der Waals surface area contributed by atoms with Crippen LogP contribution in [-0.2, 0) is 0 Å². The molecule has 3 nitrogen and oxygen atoms in total. The Labute approximate surface area is 109 Å². The molecule has 0 unspecified atom stereocenters. The van der Waals surface area contributed by atoms with E-state index in [1.807, 2.05) is 30.0 Å². The Hall–Kier alpha value is -1.51. The number of likely N-dealkylation sites (tertiary alicyclic amines) is 1. The highest BCUT2D eigenvalue weighted by molar-refractivity contribution is 5.95. The van der Waals surface area contributed by atoms with Crippen LogP contribution in [0.4, 0.5) is 5.69 Å². The predicted molar refractivity (Wildman–Crippen MR) is 74.4 cm³/mol. The quantitative estimate of drug-likeness (QED) is 0.774. The standard InChI is InChI=1S/C15H22N2O/c1-10-6-11(2)9-17(8-10)15(18)13-4-5-14(16)12(3)7-13/h4-5,7,10-11H,6,8-9,16H2,1-3H3/t10-,11-/m1/s1. The van der Waals surface area contributed by atoms with Crippen LogP contribution in [0.2, 0.25) is 0 Å². The summed E-state index contributed by atoms with van der Waals surface area (Å²) in [4.78, 5) is 14.4. The predicted octanol–water partition coefficient (Wildman–Crippen LogP) is 2.70. The molecule has 98 valence electrons. The van der Waals surface area contributed by atoms with E-state index in [0.29, 0.717) is 11.8 Å². The lowest BCUT2D eigenvalue weighted by atomic mass is 9.91. The Morgan fingerprint density at radius 1 is 1.28 bits per heavy atom. The highest BCUT2D eigenvalue weighted by Crippen LogP contribution is 2.23. The maximum atomic E-state index is 12.4. The third-order valence-electron chi connectivity index (χ3n) is 3.67. The largest absolute Gasteiger partial charge is 0.399 e. The molecule has 2 N–H and O–H groups in total. The Kier molecular flexibility index (Phi) is 3.60. The summed E-state index contributed by atoms with van der Waals surface area (Å²) in [6.07, 6.45) is 1.21. The molecule has 0 bridgehead atoms. The van der Waals surface area contributed by atoms with Gasteiger partial charge >= 0.3 is 0 Å². The molecular formula is C15H22N2O. The van der Waals surface area contributed by atoms with E-state index in [4.69, 9.17) is 5.73 Å². The lowest BCUT2D eigenvalue weighted by Crippen LogP contribution is -2.42. The molecule has 0 saturated carbocycles. The minimum Gasteiger partial charge on any atom is -0.399 e. The van der Waals surface area contributed by atoms with E-state index < -0.39 is 0 Å². The second-order valence-electron chi connectivity index (χ2n) is 5.73. The minimum atomic E-state index is 0.136. The van der Waals surface area contributed by atoms with Crippen molar-refractivity contribution >= 4 is 11.6 Å². The van der Waals surface area contributed by atoms with Crippen molar-refractivity contribution in [2.45, 2.75) is 27.2 Å². The molecule has 18 heavy (non-hydrogen) atoms. The van der Waals surface area contributed by atoms with E-state index in [0.717, 1.165) is 29.9 Å². The first-order chi connectivity index (χ1) is 8.47. The topological polar surface area (TPSA) is 46.3 Å². The summed E-state index contributed by atoms with van der Waals surface area (Å²) < 4.78 is 0. The summed E-state index contributed by atoms with van der Waals surface area (Å²) in [5, 5.41) is 0. The number of benzene rings is 1. The second-order valence-corrected chi connectivity index (χ2v) is 5.73. The number of nitrogen functional groups attached to an aromatic ring is 1. The Bertz CT molecular complexity index is 446. The average molecular weight is 246 g/mol. The van der Waals surface area contributed by atoms with E-state index in [1.54, 1.807) is 0 Å². The van der Waals surface area contributed by atoms with Crippen molar-refractivity contribution in [3.05, 3.63) is 29.3 Å². The summed E-state index contributed by atoms with van der Waals surface area (Å²) in [6, 6.07) is 5.54. The molecular weight excluding hydrogens is 224 g/mol. The summed E-state index contributed by atoms with van der Waals surface area (Å²) in [5.74, 6) is 1.32. The zero-order valence-electron chi connectivity index (χ0n) is 11.4. The van der Waals surface area contributed by atoms with Gasteiger partial charge in [-0.25, -0.2) is 0 Å². The maximum absolute atomic E-state index is 12.4. The monoisotopic (exact) mass is 246 g/mol. The van der Waals surface area contributed by atoms with Gasteiger partial charge in [-0.2, -0.15) is 0 Å². The van der Waals surface area contributed by atoms with E-state index >= 15 is 0 Å². The van der Waals surface area contributed by atoms with Crippen molar-refractivity contribution in [2.75, 3.05) is 18.8 Å². The van der Waals surface area contributed by atoms with Gasteiger partial charge in [0.1, 0.15) is 0 Å². The number of carbonyl (C=O) groups is 1. The van der Waals surface area contributed by atoms with Crippen LogP contribution in [0.1, 0.15) is 36.2 Å². The molecule has 1 amide bonds. The highest BCUT2D eigenvalue weighted by Gasteiger charge is 2.26. The first kappa shape index (κ1) is 12.9. The number of hydrogen-bond acceptors (Lipinski definition) is 2. The third kappa shape index (κ3) is 2.66. The number of rotatable bonds is 1. The molecule has 1 saturated heterocycles. The summed E-state index contributed by atoms with van der Waals surface area (Å²) in [7, 11) is 0. The molecule has 1 aliphatic heterocycles. The molecule has 1 aliphatic rings. The molecule has 1 heterocycles. The van der Waals surface area contributed by atoms with Gasteiger partial charge in [0.05, 0.1) is 0 Å². The van der Waals surface area contributed by atoms with Gasteiger partial charge in [0.2, 0.25) is 0 Å². The number of hydrogen-bond donors (Lipinski definition) is 1. The lowest BCUT2D eigenvalue weighted by molar-refractivity contribution is 0.0623. The molecule has 3 heteroatoms. The van der Waals surface area contributed by atoms with Gasteiger partial charge in [0, 0.05) is 24.3 Å². The number of amides is 1. The third-order valence-corrected chi connectivity index (χ3v) is 3.67. The highest BCUT2D eigenvalue weighted by atomic mass is 16.2. The van der Waals surface area contributed by atoms with Crippen LogP contribution in [-0.4, -0.2) is 23.9 Å². The lowest BCUT2D eigenvalue weighted by Gasteiger charge is -2.35. The molecule has 0 radical (unpaired) electrons. The minimum absolute atomic E-state index is 0.136. The van der Waals surface area contributed by atoms with Gasteiger partial charge in [-0.3, -0.25) is 4.79 Å². The molecule has 0 spiro atoms. The molecule has 1 aromatic carbocycles.